The third-order valence-corrected chi connectivity index (χ3v) is 4.58. The molecule has 0 bridgehead atoms. The van der Waals surface area contributed by atoms with E-state index in [0.29, 0.717) is 6.42 Å². The number of hydrogen-bond acceptors (Lipinski definition) is 5. The van der Waals surface area contributed by atoms with Gasteiger partial charge in [-0.25, -0.2) is 0 Å². The molecular formula is C17H15N5S. The van der Waals surface area contributed by atoms with Crippen LogP contribution in [0, 0.1) is 0 Å². The first-order valence-electron chi connectivity index (χ1n) is 7.36. The molecule has 0 amide bonds. The van der Waals surface area contributed by atoms with Gasteiger partial charge in [0.2, 0.25) is 0 Å². The summed E-state index contributed by atoms with van der Waals surface area (Å²) in [5.74, 6) is 0.840. The third kappa shape index (κ3) is 2.80. The average molecular weight is 321 g/mol. The molecule has 0 fully saturated rings. The predicted molar refractivity (Wildman–Crippen MR) is 91.9 cm³/mol. The zero-order chi connectivity index (χ0) is 15.6. The monoisotopic (exact) mass is 321 g/mol. The van der Waals surface area contributed by atoms with E-state index in [9.17, 15) is 0 Å². The molecular weight excluding hydrogens is 306 g/mol. The molecule has 0 atom stereocenters. The lowest BCUT2D eigenvalue weighted by Crippen LogP contribution is -2.01. The maximum Gasteiger partial charge on any atom is 0.177 e. The maximum absolute atomic E-state index is 5.82. The standard InChI is InChI=1S/C17H15N5S/c18-13-4-1-3-12(6-7-13)11-17-20-19-16-9-8-14(21-22(16)17)15-5-2-10-23-15/h1-2,4-10H,3,11,18H2. The molecule has 3 aromatic heterocycles. The number of thiophene rings is 1. The molecule has 0 saturated heterocycles. The number of aromatic nitrogens is 4. The van der Waals surface area contributed by atoms with Crippen LogP contribution in [0.2, 0.25) is 0 Å². The van der Waals surface area contributed by atoms with Crippen molar-refractivity contribution in [3.05, 3.63) is 71.0 Å². The second-order valence-corrected chi connectivity index (χ2v) is 6.30. The lowest BCUT2D eigenvalue weighted by molar-refractivity contribution is 0.828. The Morgan fingerprint density at radius 1 is 1.17 bits per heavy atom. The number of hydrogen-bond donors (Lipinski definition) is 1. The summed E-state index contributed by atoms with van der Waals surface area (Å²) in [6.45, 7) is 0. The van der Waals surface area contributed by atoms with E-state index in [1.54, 1.807) is 11.3 Å². The van der Waals surface area contributed by atoms with Crippen molar-refractivity contribution in [1.29, 1.82) is 0 Å². The highest BCUT2D eigenvalue weighted by molar-refractivity contribution is 7.13. The Morgan fingerprint density at radius 3 is 3.00 bits per heavy atom. The minimum absolute atomic E-state index is 0.705. The summed E-state index contributed by atoms with van der Waals surface area (Å²) < 4.78 is 1.83. The molecule has 1 aliphatic carbocycles. The summed E-state index contributed by atoms with van der Waals surface area (Å²) in [7, 11) is 0. The van der Waals surface area contributed by atoms with Crippen LogP contribution < -0.4 is 5.73 Å². The van der Waals surface area contributed by atoms with Crippen molar-refractivity contribution in [2.75, 3.05) is 0 Å². The van der Waals surface area contributed by atoms with E-state index in [2.05, 4.69) is 28.4 Å². The molecule has 0 unspecified atom stereocenters. The van der Waals surface area contributed by atoms with Crippen LogP contribution in [-0.4, -0.2) is 19.8 Å². The quantitative estimate of drug-likeness (QED) is 0.804. The van der Waals surface area contributed by atoms with Crippen LogP contribution in [0.25, 0.3) is 16.2 Å². The summed E-state index contributed by atoms with van der Waals surface area (Å²) >= 11 is 1.67. The number of allylic oxidation sites excluding steroid dienone is 5. The lowest BCUT2D eigenvalue weighted by atomic mass is 10.1. The molecule has 2 N–H and O–H groups in total. The largest absolute Gasteiger partial charge is 0.399 e. The molecule has 3 aromatic rings. The van der Waals surface area contributed by atoms with Gasteiger partial charge in [-0.2, -0.15) is 9.61 Å². The van der Waals surface area contributed by atoms with Crippen molar-refractivity contribution in [3.63, 3.8) is 0 Å². The van der Waals surface area contributed by atoms with E-state index in [1.165, 1.54) is 5.57 Å². The Labute approximate surface area is 137 Å². The SMILES string of the molecule is NC1=CC=C(Cc2nnc3ccc(-c4cccs4)nn23)CC=C1. The smallest absolute Gasteiger partial charge is 0.177 e. The fourth-order valence-corrected chi connectivity index (χ4v) is 3.21. The third-order valence-electron chi connectivity index (χ3n) is 3.69. The highest BCUT2D eigenvalue weighted by atomic mass is 32.1. The van der Waals surface area contributed by atoms with Crippen LogP contribution in [0.15, 0.2) is 65.2 Å². The molecule has 6 heteroatoms. The van der Waals surface area contributed by atoms with Gasteiger partial charge in [-0.1, -0.05) is 23.8 Å². The van der Waals surface area contributed by atoms with E-state index in [-0.39, 0.29) is 0 Å². The molecule has 4 rings (SSSR count). The van der Waals surface area contributed by atoms with Crippen LogP contribution in [0.1, 0.15) is 12.2 Å². The molecule has 5 nitrogen and oxygen atoms in total. The number of nitrogens with zero attached hydrogens (tertiary/aromatic N) is 4. The first-order valence-corrected chi connectivity index (χ1v) is 8.24. The molecule has 0 saturated carbocycles. The molecule has 0 aromatic carbocycles. The fraction of sp³-hybridized carbons (Fsp3) is 0.118. The minimum Gasteiger partial charge on any atom is -0.399 e. The Kier molecular flexibility index (Phi) is 3.51. The van der Waals surface area contributed by atoms with E-state index in [1.807, 2.05) is 40.2 Å². The molecule has 114 valence electrons. The van der Waals surface area contributed by atoms with Crippen LogP contribution >= 0.6 is 11.3 Å². The van der Waals surface area contributed by atoms with Gasteiger partial charge in [-0.15, -0.1) is 21.5 Å². The van der Waals surface area contributed by atoms with Crippen molar-refractivity contribution >= 4 is 17.0 Å². The van der Waals surface area contributed by atoms with Crippen molar-refractivity contribution in [2.45, 2.75) is 12.8 Å². The molecule has 1 aliphatic rings. The van der Waals surface area contributed by atoms with Gasteiger partial charge in [0.05, 0.1) is 4.88 Å². The van der Waals surface area contributed by atoms with Gasteiger partial charge in [0.15, 0.2) is 11.5 Å². The zero-order valence-electron chi connectivity index (χ0n) is 12.4. The molecule has 0 spiro atoms. The summed E-state index contributed by atoms with van der Waals surface area (Å²) in [5.41, 5.74) is 9.53. The van der Waals surface area contributed by atoms with Gasteiger partial charge < -0.3 is 5.73 Å². The predicted octanol–water partition coefficient (Wildman–Crippen LogP) is 3.12. The van der Waals surface area contributed by atoms with E-state index < -0.39 is 0 Å². The average Bonchev–Trinajstić information content (AvgIpc) is 3.17. The maximum atomic E-state index is 5.82. The summed E-state index contributed by atoms with van der Waals surface area (Å²) in [6, 6.07) is 8.03. The van der Waals surface area contributed by atoms with Gasteiger partial charge in [0.25, 0.3) is 0 Å². The number of fused-ring (bicyclic) bond motifs is 1. The Hall–Kier alpha value is -2.73. The first-order chi connectivity index (χ1) is 11.3. The Morgan fingerprint density at radius 2 is 2.13 bits per heavy atom. The highest BCUT2D eigenvalue weighted by Crippen LogP contribution is 2.23. The summed E-state index contributed by atoms with van der Waals surface area (Å²) in [5, 5.41) is 15.3. The highest BCUT2D eigenvalue weighted by Gasteiger charge is 2.11. The second-order valence-electron chi connectivity index (χ2n) is 5.36. The number of rotatable bonds is 3. The van der Waals surface area contributed by atoms with Crippen LogP contribution in [0.5, 0.6) is 0 Å². The summed E-state index contributed by atoms with van der Waals surface area (Å²) in [4.78, 5) is 1.14. The molecule has 0 aliphatic heterocycles. The van der Waals surface area contributed by atoms with Crippen LogP contribution in [0.4, 0.5) is 0 Å². The van der Waals surface area contributed by atoms with Crippen molar-refractivity contribution < 1.29 is 0 Å². The fourth-order valence-electron chi connectivity index (χ4n) is 2.52. The number of nitrogens with two attached hydrogens (primary N) is 1. The van der Waals surface area contributed by atoms with Crippen LogP contribution in [0.3, 0.4) is 0 Å². The van der Waals surface area contributed by atoms with E-state index >= 15 is 0 Å². The first kappa shape index (κ1) is 13.9. The Balaban J connectivity index is 1.70. The van der Waals surface area contributed by atoms with E-state index in [4.69, 9.17) is 10.8 Å². The molecule has 23 heavy (non-hydrogen) atoms. The lowest BCUT2D eigenvalue weighted by Gasteiger charge is -2.03. The van der Waals surface area contributed by atoms with Crippen molar-refractivity contribution in [3.8, 4) is 10.6 Å². The minimum atomic E-state index is 0.705. The Bertz CT molecular complexity index is 931. The summed E-state index contributed by atoms with van der Waals surface area (Å²) in [6.07, 6.45) is 9.54. The van der Waals surface area contributed by atoms with Gasteiger partial charge >= 0.3 is 0 Å². The van der Waals surface area contributed by atoms with Crippen LogP contribution in [-0.2, 0) is 6.42 Å². The molecule has 0 radical (unpaired) electrons. The van der Waals surface area contributed by atoms with Gasteiger partial charge in [0, 0.05) is 12.1 Å². The topological polar surface area (TPSA) is 69.1 Å². The normalized spacial score (nSPS) is 14.6. The zero-order valence-corrected chi connectivity index (χ0v) is 13.2. The van der Waals surface area contributed by atoms with Gasteiger partial charge in [-0.3, -0.25) is 0 Å². The second kappa shape index (κ2) is 5.81. The van der Waals surface area contributed by atoms with Gasteiger partial charge in [-0.05, 0) is 42.2 Å². The van der Waals surface area contributed by atoms with Crippen molar-refractivity contribution in [1.82, 2.24) is 19.8 Å². The van der Waals surface area contributed by atoms with Crippen molar-refractivity contribution in [2.24, 2.45) is 5.73 Å². The van der Waals surface area contributed by atoms with Gasteiger partial charge in [0.1, 0.15) is 5.69 Å². The van der Waals surface area contributed by atoms with E-state index in [0.717, 1.165) is 34.2 Å². The molecule has 3 heterocycles.